The van der Waals surface area contributed by atoms with Gasteiger partial charge in [-0.1, -0.05) is 0 Å². The number of halogens is 1. The Morgan fingerprint density at radius 2 is 1.82 bits per heavy atom. The molecule has 0 aliphatic heterocycles. The Bertz CT molecular complexity index is 553. The van der Waals surface area contributed by atoms with E-state index in [1.165, 1.54) is 33.0 Å². The quantitative estimate of drug-likeness (QED) is 0.771. The molecule has 0 aliphatic carbocycles. The molecule has 0 N–H and O–H groups in total. The first-order valence-electron chi connectivity index (χ1n) is 4.90. The molecule has 0 fully saturated rings. The van der Waals surface area contributed by atoms with E-state index in [4.69, 9.17) is 5.26 Å². The Hall–Kier alpha value is -1.45. The zero-order chi connectivity index (χ0) is 13.2. The second-order valence-corrected chi connectivity index (χ2v) is 5.77. The maximum Gasteiger partial charge on any atom is 0.244 e. The van der Waals surface area contributed by atoms with Crippen LogP contribution in [0.3, 0.4) is 0 Å². The summed E-state index contributed by atoms with van der Waals surface area (Å²) < 4.78 is 38.3. The smallest absolute Gasteiger partial charge is 0.207 e. The van der Waals surface area contributed by atoms with Gasteiger partial charge in [0.05, 0.1) is 11.0 Å². The minimum atomic E-state index is -3.74. The van der Waals surface area contributed by atoms with Crippen molar-refractivity contribution >= 4 is 10.0 Å². The molecule has 0 saturated carbocycles. The fraction of sp³-hybridized carbons (Fsp3) is 0.364. The number of rotatable bonds is 3. The number of aryl methyl sites for hydroxylation is 2. The predicted octanol–water partition coefficient (Wildman–Crippen LogP) is 1.59. The molecule has 0 aromatic heterocycles. The third-order valence-electron chi connectivity index (χ3n) is 2.39. The molecular formula is C11H13FN2O2S. The molecule has 4 nitrogen and oxygen atoms in total. The van der Waals surface area contributed by atoms with Crippen LogP contribution in [-0.4, -0.2) is 26.3 Å². The van der Waals surface area contributed by atoms with Gasteiger partial charge in [0.15, 0.2) is 0 Å². The van der Waals surface area contributed by atoms with Gasteiger partial charge in [-0.2, -0.15) is 9.57 Å². The van der Waals surface area contributed by atoms with Gasteiger partial charge in [-0.3, -0.25) is 0 Å². The minimum Gasteiger partial charge on any atom is -0.207 e. The van der Waals surface area contributed by atoms with Crippen LogP contribution in [0, 0.1) is 31.0 Å². The third-order valence-corrected chi connectivity index (χ3v) is 4.50. The SMILES string of the molecule is Cc1cc(F)cc(C)c1S(=O)(=O)N(C)CC#N. The predicted molar refractivity (Wildman–Crippen MR) is 61.3 cm³/mol. The first kappa shape index (κ1) is 13.6. The fourth-order valence-electron chi connectivity index (χ4n) is 1.64. The van der Waals surface area contributed by atoms with Crippen molar-refractivity contribution in [3.05, 3.63) is 29.1 Å². The van der Waals surface area contributed by atoms with Crippen molar-refractivity contribution in [3.8, 4) is 6.07 Å². The van der Waals surface area contributed by atoms with Gasteiger partial charge in [0.2, 0.25) is 10.0 Å². The molecule has 1 aromatic rings. The Labute approximate surface area is 100 Å². The highest BCUT2D eigenvalue weighted by molar-refractivity contribution is 7.89. The van der Waals surface area contributed by atoms with Crippen molar-refractivity contribution in [2.45, 2.75) is 18.7 Å². The van der Waals surface area contributed by atoms with Crippen LogP contribution in [0.5, 0.6) is 0 Å². The lowest BCUT2D eigenvalue weighted by Crippen LogP contribution is -2.28. The highest BCUT2D eigenvalue weighted by atomic mass is 32.2. The molecule has 6 heteroatoms. The summed E-state index contributed by atoms with van der Waals surface area (Å²) in [6.07, 6.45) is 0. The summed E-state index contributed by atoms with van der Waals surface area (Å²) in [4.78, 5) is 0.0663. The van der Waals surface area contributed by atoms with Crippen molar-refractivity contribution in [1.82, 2.24) is 4.31 Å². The van der Waals surface area contributed by atoms with Gasteiger partial charge in [0.25, 0.3) is 0 Å². The van der Waals surface area contributed by atoms with Crippen molar-refractivity contribution in [2.24, 2.45) is 0 Å². The number of nitriles is 1. The van der Waals surface area contributed by atoms with Crippen LogP contribution in [-0.2, 0) is 10.0 Å². The summed E-state index contributed by atoms with van der Waals surface area (Å²) in [5.41, 5.74) is 0.680. The van der Waals surface area contributed by atoms with E-state index in [9.17, 15) is 12.8 Å². The van der Waals surface area contributed by atoms with Crippen LogP contribution in [0.4, 0.5) is 4.39 Å². The molecule has 17 heavy (non-hydrogen) atoms. The first-order chi connectivity index (χ1) is 7.80. The average molecular weight is 256 g/mol. The van der Waals surface area contributed by atoms with Crippen molar-refractivity contribution in [1.29, 1.82) is 5.26 Å². The Morgan fingerprint density at radius 3 is 2.24 bits per heavy atom. The van der Waals surface area contributed by atoms with E-state index in [-0.39, 0.29) is 11.4 Å². The van der Waals surface area contributed by atoms with E-state index in [0.29, 0.717) is 11.1 Å². The van der Waals surface area contributed by atoms with Gasteiger partial charge in [0, 0.05) is 7.05 Å². The molecule has 0 radical (unpaired) electrons. The van der Waals surface area contributed by atoms with Gasteiger partial charge in [-0.05, 0) is 37.1 Å². The Balaban J connectivity index is 3.40. The van der Waals surface area contributed by atoms with E-state index in [2.05, 4.69) is 0 Å². The van der Waals surface area contributed by atoms with Gasteiger partial charge < -0.3 is 0 Å². The van der Waals surface area contributed by atoms with Gasteiger partial charge >= 0.3 is 0 Å². The van der Waals surface area contributed by atoms with E-state index >= 15 is 0 Å². The summed E-state index contributed by atoms with van der Waals surface area (Å²) in [5.74, 6) is -0.470. The van der Waals surface area contributed by atoms with Crippen molar-refractivity contribution in [3.63, 3.8) is 0 Å². The number of nitrogens with zero attached hydrogens (tertiary/aromatic N) is 2. The maximum atomic E-state index is 13.1. The summed E-state index contributed by atoms with van der Waals surface area (Å²) in [6, 6.07) is 4.10. The van der Waals surface area contributed by atoms with Crippen LogP contribution in [0.2, 0.25) is 0 Å². The second-order valence-electron chi connectivity index (χ2n) is 3.79. The summed E-state index contributed by atoms with van der Waals surface area (Å²) >= 11 is 0. The molecule has 0 aliphatic rings. The molecule has 0 heterocycles. The summed E-state index contributed by atoms with van der Waals surface area (Å²) in [7, 11) is -2.41. The van der Waals surface area contributed by atoms with Crippen LogP contribution < -0.4 is 0 Å². The van der Waals surface area contributed by atoms with Crippen LogP contribution in [0.15, 0.2) is 17.0 Å². The Morgan fingerprint density at radius 1 is 1.35 bits per heavy atom. The lowest BCUT2D eigenvalue weighted by molar-refractivity contribution is 0.500. The summed E-state index contributed by atoms with van der Waals surface area (Å²) in [5, 5.41) is 8.51. The molecule has 0 amide bonds. The zero-order valence-electron chi connectivity index (χ0n) is 9.86. The highest BCUT2D eigenvalue weighted by Crippen LogP contribution is 2.23. The zero-order valence-corrected chi connectivity index (χ0v) is 10.7. The van der Waals surface area contributed by atoms with Crippen LogP contribution in [0.25, 0.3) is 0 Å². The molecule has 0 saturated heterocycles. The van der Waals surface area contributed by atoms with Gasteiger partial charge in [0.1, 0.15) is 12.4 Å². The molecule has 0 spiro atoms. The number of benzene rings is 1. The van der Waals surface area contributed by atoms with Crippen LogP contribution >= 0.6 is 0 Å². The molecular weight excluding hydrogens is 243 g/mol. The average Bonchev–Trinajstić information content (AvgIpc) is 2.15. The molecule has 92 valence electrons. The van der Waals surface area contributed by atoms with E-state index in [1.807, 2.05) is 0 Å². The topological polar surface area (TPSA) is 61.2 Å². The first-order valence-corrected chi connectivity index (χ1v) is 6.34. The number of hydrogen-bond donors (Lipinski definition) is 0. The van der Waals surface area contributed by atoms with E-state index < -0.39 is 15.8 Å². The number of hydrogen-bond acceptors (Lipinski definition) is 3. The lowest BCUT2D eigenvalue weighted by Gasteiger charge is -2.17. The van der Waals surface area contributed by atoms with E-state index in [0.717, 1.165) is 4.31 Å². The maximum absolute atomic E-state index is 13.1. The minimum absolute atomic E-state index is 0.0663. The fourth-order valence-corrected chi connectivity index (χ4v) is 3.12. The largest absolute Gasteiger partial charge is 0.244 e. The van der Waals surface area contributed by atoms with Gasteiger partial charge in [-0.15, -0.1) is 0 Å². The summed E-state index contributed by atoms with van der Waals surface area (Å²) in [6.45, 7) is 2.82. The highest BCUT2D eigenvalue weighted by Gasteiger charge is 2.24. The van der Waals surface area contributed by atoms with E-state index in [1.54, 1.807) is 6.07 Å². The monoisotopic (exact) mass is 256 g/mol. The molecule has 0 atom stereocenters. The molecule has 1 aromatic carbocycles. The van der Waals surface area contributed by atoms with Crippen molar-refractivity contribution in [2.75, 3.05) is 13.6 Å². The van der Waals surface area contributed by atoms with Crippen LogP contribution in [0.1, 0.15) is 11.1 Å². The molecule has 0 unspecified atom stereocenters. The van der Waals surface area contributed by atoms with Gasteiger partial charge in [-0.25, -0.2) is 12.8 Å². The normalized spacial score (nSPS) is 11.5. The second kappa shape index (κ2) is 4.82. The third kappa shape index (κ3) is 2.62. The Kier molecular flexibility index (Phi) is 3.86. The number of sulfonamides is 1. The molecule has 0 bridgehead atoms. The standard InChI is InChI=1S/C11H13FN2O2S/c1-8-6-10(12)7-9(2)11(8)17(15,16)14(3)5-4-13/h6-7H,5H2,1-3H3. The molecule has 1 rings (SSSR count). The lowest BCUT2D eigenvalue weighted by atomic mass is 10.1. The van der Waals surface area contributed by atoms with Crippen molar-refractivity contribution < 1.29 is 12.8 Å².